The molecule has 0 fully saturated rings. The van der Waals surface area contributed by atoms with Gasteiger partial charge < -0.3 is 13.6 Å². The van der Waals surface area contributed by atoms with Gasteiger partial charge in [0.05, 0.1) is 0 Å². The Hall–Kier alpha value is 0.980. The Morgan fingerprint density at radius 3 is 1.70 bits per heavy atom. The third kappa shape index (κ3) is 7.09. The van der Waals surface area contributed by atoms with Crippen LogP contribution in [0.25, 0.3) is 0 Å². The van der Waals surface area contributed by atoms with Crippen molar-refractivity contribution in [2.75, 3.05) is 13.2 Å². The van der Waals surface area contributed by atoms with E-state index in [4.69, 9.17) is 8.85 Å². The topological polar surface area (TPSA) is 38.7 Å². The van der Waals surface area contributed by atoms with E-state index >= 15 is 0 Å². The van der Waals surface area contributed by atoms with Crippen molar-refractivity contribution in [3.63, 3.8) is 0 Å². The first-order chi connectivity index (χ1) is 4.12. The van der Waals surface area contributed by atoms with Crippen LogP contribution in [0, 0.1) is 0 Å². The molecular formula is C5H14O3SiZr. The molecule has 0 rings (SSSR count). The van der Waals surface area contributed by atoms with E-state index in [1.165, 1.54) is 0 Å². The number of rotatable bonds is 4. The van der Waals surface area contributed by atoms with Gasteiger partial charge >= 0.3 is 8.80 Å². The Bertz CT molecular complexity index is 71.3. The molecule has 10 heavy (non-hydrogen) atoms. The van der Waals surface area contributed by atoms with Gasteiger partial charge in [0.1, 0.15) is 0 Å². The van der Waals surface area contributed by atoms with E-state index in [0.717, 1.165) is 0 Å². The van der Waals surface area contributed by atoms with Crippen LogP contribution in [0.3, 0.4) is 0 Å². The summed E-state index contributed by atoms with van der Waals surface area (Å²) in [5.41, 5.74) is 0. The van der Waals surface area contributed by atoms with E-state index in [2.05, 4.69) is 0 Å². The number of hydrogen-bond donors (Lipinski definition) is 1. The molecule has 60 valence electrons. The van der Waals surface area contributed by atoms with Crippen LogP contribution in [-0.4, -0.2) is 26.8 Å². The maximum Gasteiger partial charge on any atom is 0.494 e. The minimum atomic E-state index is -2.70. The average molecular weight is 241 g/mol. The van der Waals surface area contributed by atoms with Gasteiger partial charge in [0, 0.05) is 46.0 Å². The molecule has 0 saturated heterocycles. The third-order valence-corrected chi connectivity index (χ3v) is 2.47. The first-order valence-electron chi connectivity index (χ1n) is 3.12. The molecule has 0 saturated carbocycles. The van der Waals surface area contributed by atoms with E-state index in [0.29, 0.717) is 13.2 Å². The van der Waals surface area contributed by atoms with Crippen LogP contribution in [0.1, 0.15) is 13.8 Å². The Morgan fingerprint density at radius 1 is 1.20 bits per heavy atom. The molecule has 1 N–H and O–H groups in total. The van der Waals surface area contributed by atoms with Gasteiger partial charge in [-0.3, -0.25) is 0 Å². The molecule has 0 unspecified atom stereocenters. The van der Waals surface area contributed by atoms with Crippen molar-refractivity contribution in [3.8, 4) is 0 Å². The van der Waals surface area contributed by atoms with Crippen LogP contribution in [0.2, 0.25) is 6.55 Å². The van der Waals surface area contributed by atoms with Crippen LogP contribution in [0.15, 0.2) is 0 Å². The quantitative estimate of drug-likeness (QED) is 0.733. The van der Waals surface area contributed by atoms with Crippen molar-refractivity contribution in [1.29, 1.82) is 0 Å². The molecule has 0 aromatic heterocycles. The van der Waals surface area contributed by atoms with Crippen molar-refractivity contribution < 1.29 is 39.9 Å². The second-order valence-corrected chi connectivity index (χ2v) is 4.14. The number of hydrogen-bond acceptors (Lipinski definition) is 3. The average Bonchev–Trinajstić information content (AvgIpc) is 1.64. The molecule has 0 aromatic rings. The van der Waals surface area contributed by atoms with Gasteiger partial charge in [0.15, 0.2) is 0 Å². The minimum Gasteiger partial charge on any atom is -0.390 e. The van der Waals surface area contributed by atoms with E-state index in [1.807, 2.05) is 13.8 Å². The van der Waals surface area contributed by atoms with Crippen molar-refractivity contribution in [3.05, 3.63) is 0 Å². The molecule has 0 aromatic carbocycles. The summed E-state index contributed by atoms with van der Waals surface area (Å²) < 4.78 is 9.88. The summed E-state index contributed by atoms with van der Waals surface area (Å²) >= 11 is 0. The Balaban J connectivity index is 0. The summed E-state index contributed by atoms with van der Waals surface area (Å²) in [5.74, 6) is 0. The molecule has 0 atom stereocenters. The zero-order valence-corrected chi connectivity index (χ0v) is 10.1. The smallest absolute Gasteiger partial charge is 0.390 e. The van der Waals surface area contributed by atoms with Gasteiger partial charge in [-0.2, -0.15) is 0 Å². The first-order valence-corrected chi connectivity index (χ1v) is 5.39. The van der Waals surface area contributed by atoms with E-state index < -0.39 is 8.80 Å². The van der Waals surface area contributed by atoms with Crippen molar-refractivity contribution in [2.24, 2.45) is 0 Å². The third-order valence-electron chi connectivity index (χ3n) is 0.824. The van der Waals surface area contributed by atoms with Crippen LogP contribution in [-0.2, 0) is 35.1 Å². The second kappa shape index (κ2) is 6.68. The zero-order valence-electron chi connectivity index (χ0n) is 6.68. The second-order valence-electron chi connectivity index (χ2n) is 1.76. The Morgan fingerprint density at radius 2 is 1.50 bits per heavy atom. The summed E-state index contributed by atoms with van der Waals surface area (Å²) in [4.78, 5) is 9.21. The molecule has 0 bridgehead atoms. The molecule has 0 aliphatic rings. The molecule has 0 aliphatic carbocycles. The summed E-state index contributed by atoms with van der Waals surface area (Å²) in [7, 11) is -2.70. The Labute approximate surface area is 82.2 Å². The van der Waals surface area contributed by atoms with Crippen molar-refractivity contribution in [2.45, 2.75) is 20.4 Å². The van der Waals surface area contributed by atoms with E-state index in [9.17, 15) is 4.80 Å². The standard InChI is InChI=1S/C5H14O3Si.Zr/c1-4-7-9(3,6)8-5-2;/h6H,4-5H2,1-3H3;. The Kier molecular flexibility index (Phi) is 9.05. The van der Waals surface area contributed by atoms with Crippen molar-refractivity contribution in [1.82, 2.24) is 0 Å². The predicted molar refractivity (Wildman–Crippen MR) is 37.1 cm³/mol. The SMILES string of the molecule is CCO[Si](C)(O)OCC.[Zr]. The van der Waals surface area contributed by atoms with Gasteiger partial charge in [-0.25, -0.2) is 0 Å². The molecule has 3 nitrogen and oxygen atoms in total. The molecule has 0 heterocycles. The van der Waals surface area contributed by atoms with Crippen LogP contribution in [0.4, 0.5) is 0 Å². The predicted octanol–water partition coefficient (Wildman–Crippen LogP) is 0.618. The maximum absolute atomic E-state index is 9.21. The normalized spacial score (nSPS) is 10.8. The van der Waals surface area contributed by atoms with Gasteiger partial charge in [-0.05, 0) is 13.8 Å². The van der Waals surface area contributed by atoms with Gasteiger partial charge in [0.25, 0.3) is 0 Å². The summed E-state index contributed by atoms with van der Waals surface area (Å²) in [6, 6.07) is 0. The first kappa shape index (κ1) is 13.6. The maximum atomic E-state index is 9.21. The van der Waals surface area contributed by atoms with Gasteiger partial charge in [-0.1, -0.05) is 0 Å². The van der Waals surface area contributed by atoms with Crippen LogP contribution < -0.4 is 0 Å². The summed E-state index contributed by atoms with van der Waals surface area (Å²) in [6.07, 6.45) is 0. The van der Waals surface area contributed by atoms with Gasteiger partial charge in [-0.15, -0.1) is 0 Å². The fourth-order valence-corrected chi connectivity index (χ4v) is 1.73. The van der Waals surface area contributed by atoms with Crippen LogP contribution in [0.5, 0.6) is 0 Å². The minimum absolute atomic E-state index is 0. The van der Waals surface area contributed by atoms with E-state index in [-0.39, 0.29) is 26.2 Å². The largest absolute Gasteiger partial charge is 0.494 e. The van der Waals surface area contributed by atoms with Crippen molar-refractivity contribution >= 4 is 8.80 Å². The summed E-state index contributed by atoms with van der Waals surface area (Å²) in [5, 5.41) is 0. The fourth-order valence-electron chi connectivity index (χ4n) is 0.577. The van der Waals surface area contributed by atoms with Gasteiger partial charge in [0.2, 0.25) is 0 Å². The molecule has 0 amide bonds. The molecule has 0 radical (unpaired) electrons. The monoisotopic (exact) mass is 240 g/mol. The van der Waals surface area contributed by atoms with Crippen LogP contribution >= 0.6 is 0 Å². The summed E-state index contributed by atoms with van der Waals surface area (Å²) in [6.45, 7) is 6.30. The zero-order chi connectivity index (χ0) is 7.33. The fraction of sp³-hybridized carbons (Fsp3) is 1.00. The van der Waals surface area contributed by atoms with E-state index in [1.54, 1.807) is 6.55 Å². The molecule has 0 aliphatic heterocycles. The molecule has 5 heteroatoms. The molecule has 0 spiro atoms. The molecular weight excluding hydrogens is 227 g/mol.